The molecule has 2 aromatic rings. The second-order valence-corrected chi connectivity index (χ2v) is 6.12. The molecular formula is C18H21ClN2O. The van der Waals surface area contributed by atoms with E-state index in [1.807, 2.05) is 24.3 Å². The molecule has 0 aliphatic rings. The Bertz CT molecular complexity index is 596. The Labute approximate surface area is 136 Å². The fourth-order valence-electron chi connectivity index (χ4n) is 2.42. The van der Waals surface area contributed by atoms with Crippen molar-refractivity contribution in [1.29, 1.82) is 0 Å². The van der Waals surface area contributed by atoms with Gasteiger partial charge in [0.25, 0.3) is 0 Å². The molecular weight excluding hydrogens is 296 g/mol. The van der Waals surface area contributed by atoms with Crippen LogP contribution in [0.15, 0.2) is 48.7 Å². The molecule has 1 heterocycles. The summed E-state index contributed by atoms with van der Waals surface area (Å²) in [4.78, 5) is 16.1. The van der Waals surface area contributed by atoms with E-state index in [4.69, 9.17) is 11.6 Å². The summed E-state index contributed by atoms with van der Waals surface area (Å²) in [6.07, 6.45) is 1.96. The lowest BCUT2D eigenvalue weighted by Gasteiger charge is -2.22. The zero-order valence-electron chi connectivity index (χ0n) is 12.9. The number of carbonyl (C=O) groups excluding carboxylic acids is 1. The quantitative estimate of drug-likeness (QED) is 0.823. The van der Waals surface area contributed by atoms with Gasteiger partial charge >= 0.3 is 0 Å². The van der Waals surface area contributed by atoms with Crippen molar-refractivity contribution in [2.75, 3.05) is 6.54 Å². The van der Waals surface area contributed by atoms with Crippen molar-refractivity contribution in [3.8, 4) is 0 Å². The number of carbonyl (C=O) groups is 1. The van der Waals surface area contributed by atoms with E-state index in [9.17, 15) is 4.79 Å². The number of amides is 1. The van der Waals surface area contributed by atoms with Gasteiger partial charge in [-0.3, -0.25) is 4.79 Å². The first-order valence-electron chi connectivity index (χ1n) is 7.48. The van der Waals surface area contributed by atoms with Crippen LogP contribution in [0.1, 0.15) is 30.9 Å². The summed E-state index contributed by atoms with van der Waals surface area (Å²) in [5, 5.41) is 3.46. The number of pyridine rings is 1. The van der Waals surface area contributed by atoms with Gasteiger partial charge in [0.15, 0.2) is 0 Å². The third-order valence-corrected chi connectivity index (χ3v) is 3.93. The summed E-state index contributed by atoms with van der Waals surface area (Å²) in [5.41, 5.74) is 2.12. The first-order chi connectivity index (χ1) is 10.6. The van der Waals surface area contributed by atoms with Gasteiger partial charge in [-0.2, -0.15) is 0 Å². The van der Waals surface area contributed by atoms with E-state index in [2.05, 4.69) is 36.3 Å². The molecule has 1 atom stereocenters. The van der Waals surface area contributed by atoms with Gasteiger partial charge in [0.2, 0.25) is 5.91 Å². The molecule has 0 bridgehead atoms. The predicted octanol–water partition coefficient (Wildman–Crippen LogP) is 3.83. The van der Waals surface area contributed by atoms with Crippen molar-refractivity contribution in [2.24, 2.45) is 5.92 Å². The van der Waals surface area contributed by atoms with Crippen LogP contribution in [0.3, 0.4) is 0 Å². The van der Waals surface area contributed by atoms with Gasteiger partial charge in [-0.15, -0.1) is 0 Å². The van der Waals surface area contributed by atoms with Crippen LogP contribution in [0.2, 0.25) is 5.15 Å². The maximum absolute atomic E-state index is 12.1. The smallest absolute Gasteiger partial charge is 0.224 e. The summed E-state index contributed by atoms with van der Waals surface area (Å²) in [6.45, 7) is 4.99. The van der Waals surface area contributed by atoms with Crippen molar-refractivity contribution in [2.45, 2.75) is 26.2 Å². The summed E-state index contributed by atoms with van der Waals surface area (Å²) >= 11 is 5.74. The average Bonchev–Trinajstić information content (AvgIpc) is 2.50. The molecule has 0 saturated carbocycles. The van der Waals surface area contributed by atoms with Crippen molar-refractivity contribution in [3.63, 3.8) is 0 Å². The highest BCUT2D eigenvalue weighted by molar-refractivity contribution is 6.29. The number of aromatic nitrogens is 1. The third kappa shape index (κ3) is 4.85. The van der Waals surface area contributed by atoms with E-state index >= 15 is 0 Å². The number of nitrogens with one attached hydrogen (secondary N) is 1. The maximum atomic E-state index is 12.1. The lowest BCUT2D eigenvalue weighted by atomic mass is 9.88. The minimum Gasteiger partial charge on any atom is -0.355 e. The van der Waals surface area contributed by atoms with Gasteiger partial charge in [-0.1, -0.05) is 61.8 Å². The molecule has 1 aromatic carbocycles. The SMILES string of the molecule is CC(C)C(CNC(=O)Cc1ccc(Cl)nc1)c1ccccc1. The van der Waals surface area contributed by atoms with Crippen LogP contribution >= 0.6 is 11.6 Å². The van der Waals surface area contributed by atoms with E-state index in [0.29, 0.717) is 30.0 Å². The standard InChI is InChI=1S/C18H21ClN2O/c1-13(2)16(15-6-4-3-5-7-15)12-21-18(22)10-14-8-9-17(19)20-11-14/h3-9,11,13,16H,10,12H2,1-2H3,(H,21,22). The fraction of sp³-hybridized carbons (Fsp3) is 0.333. The van der Waals surface area contributed by atoms with E-state index in [1.54, 1.807) is 12.3 Å². The number of rotatable bonds is 6. The summed E-state index contributed by atoms with van der Waals surface area (Å²) in [5.74, 6) is 0.777. The van der Waals surface area contributed by atoms with Gasteiger partial charge in [0.1, 0.15) is 5.15 Å². The highest BCUT2D eigenvalue weighted by Gasteiger charge is 2.16. The normalized spacial score (nSPS) is 12.2. The maximum Gasteiger partial charge on any atom is 0.224 e. The summed E-state index contributed by atoms with van der Waals surface area (Å²) < 4.78 is 0. The lowest BCUT2D eigenvalue weighted by molar-refractivity contribution is -0.120. The van der Waals surface area contributed by atoms with Crippen LogP contribution in [-0.4, -0.2) is 17.4 Å². The monoisotopic (exact) mass is 316 g/mol. The van der Waals surface area contributed by atoms with Crippen LogP contribution in [0.5, 0.6) is 0 Å². The number of benzene rings is 1. The van der Waals surface area contributed by atoms with Gasteiger partial charge in [-0.05, 0) is 23.1 Å². The molecule has 3 nitrogen and oxygen atoms in total. The summed E-state index contributed by atoms with van der Waals surface area (Å²) in [6, 6.07) is 13.8. The zero-order chi connectivity index (χ0) is 15.9. The molecule has 0 saturated heterocycles. The minimum atomic E-state index is 0.00528. The van der Waals surface area contributed by atoms with Crippen LogP contribution < -0.4 is 5.32 Å². The van der Waals surface area contributed by atoms with Crippen LogP contribution in [-0.2, 0) is 11.2 Å². The molecule has 116 valence electrons. The first-order valence-corrected chi connectivity index (χ1v) is 7.86. The van der Waals surface area contributed by atoms with E-state index < -0.39 is 0 Å². The Balaban J connectivity index is 1.92. The molecule has 4 heteroatoms. The predicted molar refractivity (Wildman–Crippen MR) is 90.0 cm³/mol. The Morgan fingerprint density at radius 2 is 1.91 bits per heavy atom. The molecule has 1 aromatic heterocycles. The van der Waals surface area contributed by atoms with Gasteiger partial charge < -0.3 is 5.32 Å². The van der Waals surface area contributed by atoms with Crippen LogP contribution in [0.4, 0.5) is 0 Å². The largest absolute Gasteiger partial charge is 0.355 e. The highest BCUT2D eigenvalue weighted by Crippen LogP contribution is 2.23. The van der Waals surface area contributed by atoms with Crippen LogP contribution in [0, 0.1) is 5.92 Å². The number of hydrogen-bond acceptors (Lipinski definition) is 2. The zero-order valence-corrected chi connectivity index (χ0v) is 13.7. The number of halogens is 1. The van der Waals surface area contributed by atoms with Crippen molar-refractivity contribution < 1.29 is 4.79 Å². The second-order valence-electron chi connectivity index (χ2n) is 5.73. The fourth-order valence-corrected chi connectivity index (χ4v) is 2.53. The first kappa shape index (κ1) is 16.5. The topological polar surface area (TPSA) is 42.0 Å². The van der Waals surface area contributed by atoms with Gasteiger partial charge in [0.05, 0.1) is 6.42 Å². The minimum absolute atomic E-state index is 0.00528. The Morgan fingerprint density at radius 3 is 2.50 bits per heavy atom. The molecule has 0 fully saturated rings. The Kier molecular flexibility index (Phi) is 5.96. The molecule has 0 aliphatic carbocycles. The molecule has 0 radical (unpaired) electrons. The average molecular weight is 317 g/mol. The second kappa shape index (κ2) is 7.95. The molecule has 22 heavy (non-hydrogen) atoms. The Morgan fingerprint density at radius 1 is 1.18 bits per heavy atom. The van der Waals surface area contributed by atoms with E-state index in [0.717, 1.165) is 5.56 Å². The van der Waals surface area contributed by atoms with Crippen LogP contribution in [0.25, 0.3) is 0 Å². The van der Waals surface area contributed by atoms with Crippen molar-refractivity contribution in [3.05, 3.63) is 64.9 Å². The molecule has 1 amide bonds. The molecule has 1 N–H and O–H groups in total. The Hall–Kier alpha value is -1.87. The molecule has 0 spiro atoms. The van der Waals surface area contributed by atoms with Gasteiger partial charge in [0, 0.05) is 18.7 Å². The van der Waals surface area contributed by atoms with E-state index in [-0.39, 0.29) is 5.91 Å². The molecule has 1 unspecified atom stereocenters. The molecule has 0 aliphatic heterocycles. The van der Waals surface area contributed by atoms with E-state index in [1.165, 1.54) is 5.56 Å². The summed E-state index contributed by atoms with van der Waals surface area (Å²) in [7, 11) is 0. The number of nitrogens with zero attached hydrogens (tertiary/aromatic N) is 1. The molecule has 2 rings (SSSR count). The van der Waals surface area contributed by atoms with Crippen molar-refractivity contribution in [1.82, 2.24) is 10.3 Å². The van der Waals surface area contributed by atoms with Crippen molar-refractivity contribution >= 4 is 17.5 Å². The lowest BCUT2D eigenvalue weighted by Crippen LogP contribution is -2.31. The number of hydrogen-bond donors (Lipinski definition) is 1. The third-order valence-electron chi connectivity index (χ3n) is 3.70. The highest BCUT2D eigenvalue weighted by atomic mass is 35.5. The van der Waals surface area contributed by atoms with Gasteiger partial charge in [-0.25, -0.2) is 4.98 Å².